The first kappa shape index (κ1) is 29.5. The van der Waals surface area contributed by atoms with E-state index < -0.39 is 28.5 Å². The summed E-state index contributed by atoms with van der Waals surface area (Å²) < 4.78 is 28.5. The molecule has 0 bridgehead atoms. The highest BCUT2D eigenvalue weighted by Gasteiger charge is 2.32. The Labute approximate surface area is 234 Å². The maximum Gasteiger partial charge on any atom is 0.264 e. The van der Waals surface area contributed by atoms with Crippen LogP contribution in [0.5, 0.6) is 0 Å². The van der Waals surface area contributed by atoms with Crippen LogP contribution in [0.1, 0.15) is 31.4 Å². The van der Waals surface area contributed by atoms with Crippen molar-refractivity contribution in [2.75, 3.05) is 17.4 Å². The van der Waals surface area contributed by atoms with Gasteiger partial charge in [0.15, 0.2) is 0 Å². The molecule has 0 aromatic heterocycles. The Bertz CT molecular complexity index is 1370. The highest BCUT2D eigenvalue weighted by molar-refractivity contribution is 7.92. The second kappa shape index (κ2) is 13.1. The van der Waals surface area contributed by atoms with Crippen LogP contribution in [0.2, 0.25) is 10.0 Å². The quantitative estimate of drug-likeness (QED) is 0.330. The molecule has 0 fully saturated rings. The van der Waals surface area contributed by atoms with E-state index in [2.05, 4.69) is 5.32 Å². The van der Waals surface area contributed by atoms with Gasteiger partial charge >= 0.3 is 0 Å². The minimum absolute atomic E-state index is 0.0112. The van der Waals surface area contributed by atoms with Crippen LogP contribution in [0.4, 0.5) is 5.69 Å². The Balaban J connectivity index is 2.02. The van der Waals surface area contributed by atoms with E-state index in [0.29, 0.717) is 27.8 Å². The minimum Gasteiger partial charge on any atom is -0.354 e. The van der Waals surface area contributed by atoms with E-state index in [0.717, 1.165) is 16.3 Å². The zero-order chi connectivity index (χ0) is 27.9. The van der Waals surface area contributed by atoms with Gasteiger partial charge in [-0.05, 0) is 62.2 Å². The van der Waals surface area contributed by atoms with E-state index in [4.69, 9.17) is 23.2 Å². The molecule has 0 radical (unpaired) electrons. The molecule has 0 spiro atoms. The lowest BCUT2D eigenvalue weighted by Gasteiger charge is -2.32. The van der Waals surface area contributed by atoms with Crippen LogP contribution in [0.3, 0.4) is 0 Å². The van der Waals surface area contributed by atoms with Crippen molar-refractivity contribution in [2.24, 2.45) is 0 Å². The molecule has 1 N–H and O–H groups in total. The highest BCUT2D eigenvalue weighted by atomic mass is 35.5. The van der Waals surface area contributed by atoms with Crippen molar-refractivity contribution in [2.45, 2.75) is 44.7 Å². The molecule has 3 aromatic carbocycles. The number of amides is 2. The second-order valence-corrected chi connectivity index (χ2v) is 11.6. The van der Waals surface area contributed by atoms with Crippen molar-refractivity contribution in [1.29, 1.82) is 0 Å². The van der Waals surface area contributed by atoms with Gasteiger partial charge in [-0.3, -0.25) is 13.9 Å². The molecule has 7 nitrogen and oxygen atoms in total. The number of halogens is 2. The van der Waals surface area contributed by atoms with Crippen LogP contribution in [0.25, 0.3) is 0 Å². The van der Waals surface area contributed by atoms with Crippen LogP contribution in [0.15, 0.2) is 77.7 Å². The number of sulfonamides is 1. The number of nitrogens with zero attached hydrogens (tertiary/aromatic N) is 2. The molecule has 0 aliphatic heterocycles. The zero-order valence-corrected chi connectivity index (χ0v) is 23.9. The third kappa shape index (κ3) is 7.28. The van der Waals surface area contributed by atoms with Crippen molar-refractivity contribution in [3.63, 3.8) is 0 Å². The van der Waals surface area contributed by atoms with Gasteiger partial charge in [-0.2, -0.15) is 0 Å². The summed E-state index contributed by atoms with van der Waals surface area (Å²) in [5.74, 6) is -0.909. The molecule has 0 heterocycles. The second-order valence-electron chi connectivity index (χ2n) is 8.88. The first-order valence-electron chi connectivity index (χ1n) is 12.2. The van der Waals surface area contributed by atoms with Crippen molar-refractivity contribution >= 4 is 50.7 Å². The van der Waals surface area contributed by atoms with Gasteiger partial charge in [0.2, 0.25) is 11.8 Å². The minimum atomic E-state index is -4.10. The predicted octanol–water partition coefficient (Wildman–Crippen LogP) is 5.44. The SMILES string of the molecule is CCCNC(=O)[C@@H](C)N(Cc1ccc(Cl)cc1Cl)C(=O)CN(c1ccc(C)cc1)S(=O)(=O)c1ccccc1. The number of rotatable bonds is 11. The predicted molar refractivity (Wildman–Crippen MR) is 152 cm³/mol. The summed E-state index contributed by atoms with van der Waals surface area (Å²) in [6, 6.07) is 18.8. The zero-order valence-electron chi connectivity index (χ0n) is 21.5. The van der Waals surface area contributed by atoms with Gasteiger partial charge in [-0.15, -0.1) is 0 Å². The van der Waals surface area contributed by atoms with Gasteiger partial charge in [0, 0.05) is 23.1 Å². The number of nitrogens with one attached hydrogen (secondary N) is 1. The van der Waals surface area contributed by atoms with Crippen LogP contribution in [0, 0.1) is 6.92 Å². The average Bonchev–Trinajstić information content (AvgIpc) is 2.90. The Morgan fingerprint density at radius 3 is 2.24 bits per heavy atom. The summed E-state index contributed by atoms with van der Waals surface area (Å²) in [7, 11) is -4.10. The number of hydrogen-bond donors (Lipinski definition) is 1. The van der Waals surface area contributed by atoms with E-state index in [1.54, 1.807) is 67.6 Å². The third-order valence-corrected chi connectivity index (χ3v) is 8.38. The summed E-state index contributed by atoms with van der Waals surface area (Å²) >= 11 is 12.4. The van der Waals surface area contributed by atoms with Crippen molar-refractivity contribution in [3.8, 4) is 0 Å². The summed E-state index contributed by atoms with van der Waals surface area (Å²) in [5.41, 5.74) is 1.85. The van der Waals surface area contributed by atoms with E-state index >= 15 is 0 Å². The van der Waals surface area contributed by atoms with Gasteiger partial charge in [0.25, 0.3) is 10.0 Å². The molecule has 2 amide bonds. The van der Waals surface area contributed by atoms with E-state index in [-0.39, 0.29) is 17.3 Å². The first-order valence-corrected chi connectivity index (χ1v) is 14.4. The van der Waals surface area contributed by atoms with E-state index in [1.807, 2.05) is 13.8 Å². The smallest absolute Gasteiger partial charge is 0.264 e. The number of benzene rings is 3. The monoisotopic (exact) mass is 575 g/mol. The van der Waals surface area contributed by atoms with E-state index in [1.165, 1.54) is 17.0 Å². The molecule has 3 aromatic rings. The molecular weight excluding hydrogens is 545 g/mol. The lowest BCUT2D eigenvalue weighted by molar-refractivity contribution is -0.139. The number of carbonyl (C=O) groups is 2. The van der Waals surface area contributed by atoms with Crippen LogP contribution >= 0.6 is 23.2 Å². The first-order chi connectivity index (χ1) is 18.0. The van der Waals surface area contributed by atoms with Gasteiger partial charge in [-0.25, -0.2) is 8.42 Å². The highest BCUT2D eigenvalue weighted by Crippen LogP contribution is 2.26. The molecule has 0 aliphatic carbocycles. The number of hydrogen-bond acceptors (Lipinski definition) is 4. The van der Waals surface area contributed by atoms with Crippen LogP contribution in [-0.4, -0.2) is 44.3 Å². The van der Waals surface area contributed by atoms with E-state index in [9.17, 15) is 18.0 Å². The maximum atomic E-state index is 13.8. The lowest BCUT2D eigenvalue weighted by Crippen LogP contribution is -2.51. The lowest BCUT2D eigenvalue weighted by atomic mass is 10.1. The Kier molecular flexibility index (Phi) is 10.2. The van der Waals surface area contributed by atoms with Gasteiger partial charge in [0.1, 0.15) is 12.6 Å². The molecule has 38 heavy (non-hydrogen) atoms. The largest absolute Gasteiger partial charge is 0.354 e. The number of carbonyl (C=O) groups excluding carboxylic acids is 2. The Morgan fingerprint density at radius 2 is 1.63 bits per heavy atom. The summed E-state index contributed by atoms with van der Waals surface area (Å²) in [4.78, 5) is 28.1. The molecule has 0 saturated heterocycles. The summed E-state index contributed by atoms with van der Waals surface area (Å²) in [6.45, 7) is 5.34. The molecule has 0 saturated carbocycles. The molecule has 1 atom stereocenters. The third-order valence-electron chi connectivity index (χ3n) is 6.00. The fraction of sp³-hybridized carbons (Fsp3) is 0.286. The molecule has 0 aliphatic rings. The average molecular weight is 577 g/mol. The van der Waals surface area contributed by atoms with Crippen molar-refractivity contribution in [1.82, 2.24) is 10.2 Å². The molecule has 10 heteroatoms. The van der Waals surface area contributed by atoms with Gasteiger partial charge < -0.3 is 10.2 Å². The normalized spacial score (nSPS) is 12.0. The summed E-state index contributed by atoms with van der Waals surface area (Å²) in [6.07, 6.45) is 0.728. The fourth-order valence-electron chi connectivity index (χ4n) is 3.77. The van der Waals surface area contributed by atoms with Crippen LogP contribution < -0.4 is 9.62 Å². The Morgan fingerprint density at radius 1 is 0.974 bits per heavy atom. The molecule has 202 valence electrons. The number of aryl methyl sites for hydroxylation is 1. The number of anilines is 1. The maximum absolute atomic E-state index is 13.8. The molecule has 0 unspecified atom stereocenters. The fourth-order valence-corrected chi connectivity index (χ4v) is 5.67. The van der Waals surface area contributed by atoms with Crippen LogP contribution in [-0.2, 0) is 26.2 Å². The Hall–Kier alpha value is -3.07. The molecule has 3 rings (SSSR count). The summed E-state index contributed by atoms with van der Waals surface area (Å²) in [5, 5.41) is 3.58. The van der Waals surface area contributed by atoms with Gasteiger partial charge in [-0.1, -0.05) is 72.1 Å². The van der Waals surface area contributed by atoms with Crippen molar-refractivity contribution < 1.29 is 18.0 Å². The standard InChI is InChI=1S/C28H31Cl2N3O4S/c1-4-16-31-28(35)21(3)32(18-22-12-13-23(29)17-26(22)30)27(34)19-33(24-14-10-20(2)11-15-24)38(36,37)25-8-6-5-7-9-25/h5-15,17,21H,4,16,18-19H2,1-3H3,(H,31,35)/t21-/m1/s1. The molecular formula is C28H31Cl2N3O4S. The van der Waals surface area contributed by atoms with Crippen molar-refractivity contribution in [3.05, 3.63) is 94.0 Å². The topological polar surface area (TPSA) is 86.8 Å². The van der Waals surface area contributed by atoms with Gasteiger partial charge in [0.05, 0.1) is 10.6 Å².